The summed E-state index contributed by atoms with van der Waals surface area (Å²) in [5, 5.41) is 5.34. The SMILES string of the molecule is CC(C)(C)c1ccc2c(c1)c1cc(C(C)(C)C)cc3c4cc5c(cc4n2c13)N(c1ccccc1)c1cccc2c1B5c1ccccc1N2c1ccccc1. The largest absolute Gasteiger partial charge is 0.311 e. The van der Waals surface area contributed by atoms with Crippen molar-refractivity contribution in [3.63, 3.8) is 0 Å². The molecule has 0 aliphatic carbocycles. The third-order valence-electron chi connectivity index (χ3n) is 12.2. The van der Waals surface area contributed by atoms with Gasteiger partial charge in [0.1, 0.15) is 0 Å². The minimum atomic E-state index is -0.00112. The molecule has 7 aromatic carbocycles. The van der Waals surface area contributed by atoms with Crippen LogP contribution in [0.5, 0.6) is 0 Å². The van der Waals surface area contributed by atoms with Crippen LogP contribution in [0, 0.1) is 0 Å². The predicted molar refractivity (Wildman–Crippen MR) is 233 cm³/mol. The van der Waals surface area contributed by atoms with Gasteiger partial charge >= 0.3 is 0 Å². The summed E-state index contributed by atoms with van der Waals surface area (Å²) in [7, 11) is 0. The van der Waals surface area contributed by atoms with E-state index < -0.39 is 0 Å². The smallest absolute Gasteiger partial charge is 0.252 e. The van der Waals surface area contributed by atoms with Gasteiger partial charge in [-0.15, -0.1) is 0 Å². The Hall–Kier alpha value is -6.00. The molecule has 0 atom stereocenters. The van der Waals surface area contributed by atoms with E-state index in [4.69, 9.17) is 0 Å². The lowest BCUT2D eigenvalue weighted by Gasteiger charge is -2.44. The zero-order valence-electron chi connectivity index (χ0n) is 31.8. The molecule has 0 fully saturated rings. The fourth-order valence-electron chi connectivity index (χ4n) is 9.53. The Morgan fingerprint density at radius 2 is 0.944 bits per heavy atom. The van der Waals surface area contributed by atoms with Crippen molar-refractivity contribution < 1.29 is 0 Å². The van der Waals surface area contributed by atoms with E-state index >= 15 is 0 Å². The number of hydrogen-bond acceptors (Lipinski definition) is 2. The second-order valence-corrected chi connectivity index (χ2v) is 17.5. The van der Waals surface area contributed by atoms with Gasteiger partial charge in [-0.2, -0.15) is 0 Å². The summed E-state index contributed by atoms with van der Waals surface area (Å²) in [6, 6.07) is 54.9. The molecule has 0 unspecified atom stereocenters. The third-order valence-corrected chi connectivity index (χ3v) is 12.2. The van der Waals surface area contributed by atoms with E-state index in [9.17, 15) is 0 Å². The van der Waals surface area contributed by atoms with Crippen molar-refractivity contribution in [1.29, 1.82) is 0 Å². The van der Waals surface area contributed by atoms with Crippen LogP contribution in [0.25, 0.3) is 38.1 Å². The number of aromatic nitrogens is 1. The quantitative estimate of drug-likeness (QED) is 0.167. The average molecular weight is 696 g/mol. The molecule has 0 amide bonds. The molecule has 0 spiro atoms. The van der Waals surface area contributed by atoms with Gasteiger partial charge in [-0.05, 0) is 111 Å². The second kappa shape index (κ2) is 10.8. The summed E-state index contributed by atoms with van der Waals surface area (Å²) >= 11 is 0. The highest BCUT2D eigenvalue weighted by Gasteiger charge is 2.43. The molecule has 2 aliphatic rings. The first-order chi connectivity index (χ1) is 26.1. The predicted octanol–water partition coefficient (Wildman–Crippen LogP) is 11.5. The van der Waals surface area contributed by atoms with Crippen LogP contribution in [0.2, 0.25) is 0 Å². The average Bonchev–Trinajstić information content (AvgIpc) is 3.68. The van der Waals surface area contributed by atoms with E-state index in [1.807, 2.05) is 0 Å². The van der Waals surface area contributed by atoms with Gasteiger partial charge in [-0.3, -0.25) is 0 Å². The van der Waals surface area contributed by atoms with Crippen LogP contribution in [0.15, 0.2) is 146 Å². The van der Waals surface area contributed by atoms with E-state index in [0.29, 0.717) is 0 Å². The molecule has 0 saturated heterocycles. The number of benzene rings is 7. The minimum Gasteiger partial charge on any atom is -0.311 e. The standard InChI is InChI=1S/C50H42BN3/c1-49(2,3)31-24-25-41-35(26-31)37-27-32(50(4,5)6)28-38-36-29-40-46(30-45(36)54(41)48(37)38)53(34-18-11-8-12-19-34)44-23-15-22-43-47(44)51(40)39-20-13-14-21-42(39)52(43)33-16-9-7-10-17-33/h7-30H,1-6H3. The van der Waals surface area contributed by atoms with Crippen molar-refractivity contribution in [3.05, 3.63) is 157 Å². The number of hydrogen-bond donors (Lipinski definition) is 0. The summed E-state index contributed by atoms with van der Waals surface area (Å²) in [5.41, 5.74) is 18.0. The molecule has 0 radical (unpaired) electrons. The Bertz CT molecular complexity index is 2960. The van der Waals surface area contributed by atoms with Crippen LogP contribution in [0.4, 0.5) is 34.1 Å². The molecule has 0 bridgehead atoms. The Morgan fingerprint density at radius 3 is 1.57 bits per heavy atom. The zero-order chi connectivity index (χ0) is 36.7. The number of para-hydroxylation sites is 3. The molecule has 2 aliphatic heterocycles. The molecule has 11 rings (SSSR count). The summed E-state index contributed by atoms with van der Waals surface area (Å²) in [5.74, 6) is 0. The van der Waals surface area contributed by atoms with E-state index in [2.05, 4.69) is 201 Å². The maximum Gasteiger partial charge on any atom is 0.252 e. The van der Waals surface area contributed by atoms with Crippen LogP contribution in [0.3, 0.4) is 0 Å². The van der Waals surface area contributed by atoms with Gasteiger partial charge in [0.2, 0.25) is 0 Å². The van der Waals surface area contributed by atoms with Gasteiger partial charge in [-0.25, -0.2) is 0 Å². The number of nitrogens with zero attached hydrogens (tertiary/aromatic N) is 3. The molecule has 9 aromatic rings. The van der Waals surface area contributed by atoms with Crippen LogP contribution in [0.1, 0.15) is 52.7 Å². The van der Waals surface area contributed by atoms with Crippen LogP contribution in [-0.4, -0.2) is 11.1 Å². The van der Waals surface area contributed by atoms with Crippen molar-refractivity contribution in [1.82, 2.24) is 4.40 Å². The molecule has 54 heavy (non-hydrogen) atoms. The first kappa shape index (κ1) is 31.5. The summed E-state index contributed by atoms with van der Waals surface area (Å²) in [6.45, 7) is 14.1. The van der Waals surface area contributed by atoms with Gasteiger partial charge in [0.05, 0.1) is 16.6 Å². The fourth-order valence-corrected chi connectivity index (χ4v) is 9.53. The topological polar surface area (TPSA) is 10.9 Å². The Morgan fingerprint density at radius 1 is 0.407 bits per heavy atom. The van der Waals surface area contributed by atoms with Crippen LogP contribution >= 0.6 is 0 Å². The first-order valence-electron chi connectivity index (χ1n) is 19.3. The molecular formula is C50H42BN3. The molecule has 3 nitrogen and oxygen atoms in total. The Labute approximate surface area is 317 Å². The summed E-state index contributed by atoms with van der Waals surface area (Å²) in [6.07, 6.45) is 0. The van der Waals surface area contributed by atoms with Gasteiger partial charge in [0.15, 0.2) is 0 Å². The molecule has 4 heterocycles. The highest BCUT2D eigenvalue weighted by Crippen LogP contribution is 2.47. The lowest BCUT2D eigenvalue weighted by Crippen LogP contribution is -2.61. The maximum absolute atomic E-state index is 2.57. The molecule has 260 valence electrons. The van der Waals surface area contributed by atoms with Gasteiger partial charge in [-0.1, -0.05) is 114 Å². The van der Waals surface area contributed by atoms with E-state index in [1.165, 1.54) is 99.7 Å². The van der Waals surface area contributed by atoms with Crippen molar-refractivity contribution in [2.75, 3.05) is 9.80 Å². The van der Waals surface area contributed by atoms with Gasteiger partial charge < -0.3 is 14.2 Å². The number of fused-ring (bicyclic) bond motifs is 10. The van der Waals surface area contributed by atoms with Crippen molar-refractivity contribution >= 4 is 95.3 Å². The molecule has 0 saturated carbocycles. The van der Waals surface area contributed by atoms with E-state index in [-0.39, 0.29) is 17.5 Å². The maximum atomic E-state index is 2.57. The summed E-state index contributed by atoms with van der Waals surface area (Å²) in [4.78, 5) is 4.98. The first-order valence-corrected chi connectivity index (χ1v) is 19.3. The lowest BCUT2D eigenvalue weighted by molar-refractivity contribution is 0.590. The molecule has 0 N–H and O–H groups in total. The highest BCUT2D eigenvalue weighted by atomic mass is 15.2. The Balaban J connectivity index is 1.29. The van der Waals surface area contributed by atoms with E-state index in [1.54, 1.807) is 0 Å². The highest BCUT2D eigenvalue weighted by molar-refractivity contribution is 7.00. The zero-order valence-corrected chi connectivity index (χ0v) is 31.8. The fraction of sp³-hybridized carbons (Fsp3) is 0.160. The monoisotopic (exact) mass is 695 g/mol. The number of rotatable bonds is 2. The molecule has 2 aromatic heterocycles. The molecular weight excluding hydrogens is 653 g/mol. The normalized spacial score (nSPS) is 14.0. The summed E-state index contributed by atoms with van der Waals surface area (Å²) < 4.78 is 2.57. The third kappa shape index (κ3) is 4.25. The van der Waals surface area contributed by atoms with Crippen LogP contribution in [-0.2, 0) is 10.8 Å². The van der Waals surface area contributed by atoms with Crippen molar-refractivity contribution in [3.8, 4) is 0 Å². The Kier molecular flexibility index (Phi) is 6.30. The second-order valence-electron chi connectivity index (χ2n) is 17.5. The number of anilines is 6. The van der Waals surface area contributed by atoms with Gasteiger partial charge in [0, 0.05) is 55.7 Å². The lowest BCUT2D eigenvalue weighted by atomic mass is 9.33. The van der Waals surface area contributed by atoms with E-state index in [0.717, 1.165) is 0 Å². The minimum absolute atomic E-state index is 0.00112. The van der Waals surface area contributed by atoms with Gasteiger partial charge in [0.25, 0.3) is 6.71 Å². The van der Waals surface area contributed by atoms with Crippen molar-refractivity contribution in [2.24, 2.45) is 0 Å². The van der Waals surface area contributed by atoms with Crippen molar-refractivity contribution in [2.45, 2.75) is 52.4 Å². The molecule has 4 heteroatoms. The van der Waals surface area contributed by atoms with Crippen LogP contribution < -0.4 is 26.2 Å².